The number of rotatable bonds is 2. The lowest BCUT2D eigenvalue weighted by Crippen LogP contribution is -2.39. The highest BCUT2D eigenvalue weighted by atomic mass is 19.1. The van der Waals surface area contributed by atoms with Crippen molar-refractivity contribution in [2.24, 2.45) is 10.3 Å². The Morgan fingerprint density at radius 1 is 1.00 bits per heavy atom. The Morgan fingerprint density at radius 2 is 1.75 bits per heavy atom. The largest absolute Gasteiger partial charge is 0.271 e. The molecule has 120 valence electrons. The number of benzene rings is 2. The minimum atomic E-state index is -0.901. The number of amides is 2. The summed E-state index contributed by atoms with van der Waals surface area (Å²) >= 11 is 0. The van der Waals surface area contributed by atoms with Gasteiger partial charge in [-0.05, 0) is 37.3 Å². The third kappa shape index (κ3) is 2.09. The van der Waals surface area contributed by atoms with Crippen LogP contribution < -0.4 is 9.91 Å². The van der Waals surface area contributed by atoms with E-state index in [9.17, 15) is 14.0 Å². The van der Waals surface area contributed by atoms with E-state index in [1.54, 1.807) is 18.2 Å². The highest BCUT2D eigenvalue weighted by molar-refractivity contribution is 6.26. The van der Waals surface area contributed by atoms with Crippen LogP contribution in [0.2, 0.25) is 0 Å². The van der Waals surface area contributed by atoms with Gasteiger partial charge in [0.15, 0.2) is 12.1 Å². The van der Waals surface area contributed by atoms with Crippen LogP contribution in [0.25, 0.3) is 0 Å². The summed E-state index contributed by atoms with van der Waals surface area (Å²) in [6, 6.07) is 11.0. The molecule has 0 saturated carbocycles. The third-order valence-corrected chi connectivity index (χ3v) is 4.15. The number of hydrogen-bond donors (Lipinski definition) is 0. The second-order valence-corrected chi connectivity index (χ2v) is 5.77. The van der Waals surface area contributed by atoms with Crippen molar-refractivity contribution < 1.29 is 14.0 Å². The number of halogens is 1. The van der Waals surface area contributed by atoms with Gasteiger partial charge < -0.3 is 0 Å². The molecule has 2 aliphatic rings. The summed E-state index contributed by atoms with van der Waals surface area (Å²) < 4.78 is 13.5. The molecule has 6 nitrogen and oxygen atoms in total. The molecular weight excluding hydrogens is 311 g/mol. The van der Waals surface area contributed by atoms with Crippen LogP contribution in [0.4, 0.5) is 15.8 Å². The van der Waals surface area contributed by atoms with Crippen molar-refractivity contribution in [3.8, 4) is 0 Å². The van der Waals surface area contributed by atoms with E-state index in [4.69, 9.17) is 0 Å². The van der Waals surface area contributed by atoms with E-state index in [0.29, 0.717) is 11.4 Å². The predicted molar refractivity (Wildman–Crippen MR) is 85.0 cm³/mol. The number of anilines is 2. The highest BCUT2D eigenvalue weighted by Crippen LogP contribution is 2.34. The van der Waals surface area contributed by atoms with Gasteiger partial charge in [-0.2, -0.15) is 5.11 Å². The molecule has 1 fully saturated rings. The van der Waals surface area contributed by atoms with Crippen LogP contribution in [0.3, 0.4) is 0 Å². The van der Waals surface area contributed by atoms with Crippen molar-refractivity contribution in [1.29, 1.82) is 0 Å². The Morgan fingerprint density at radius 3 is 2.46 bits per heavy atom. The summed E-state index contributed by atoms with van der Waals surface area (Å²) in [5.74, 6) is -1.28. The average molecular weight is 324 g/mol. The van der Waals surface area contributed by atoms with Gasteiger partial charge in [0.25, 0.3) is 11.8 Å². The Hall–Kier alpha value is -3.09. The second-order valence-electron chi connectivity index (χ2n) is 5.77. The normalized spacial score (nSPS) is 22.4. The number of fused-ring (bicyclic) bond motifs is 1. The fourth-order valence-electron chi connectivity index (χ4n) is 2.94. The van der Waals surface area contributed by atoms with Crippen molar-refractivity contribution in [2.75, 3.05) is 9.91 Å². The molecule has 0 spiro atoms. The molecule has 0 bridgehead atoms. The van der Waals surface area contributed by atoms with Gasteiger partial charge in [-0.1, -0.05) is 29.0 Å². The monoisotopic (exact) mass is 324 g/mol. The first kappa shape index (κ1) is 14.5. The molecule has 4 rings (SSSR count). The van der Waals surface area contributed by atoms with E-state index in [2.05, 4.69) is 10.3 Å². The van der Waals surface area contributed by atoms with Crippen LogP contribution in [0.1, 0.15) is 5.56 Å². The SMILES string of the molecule is Cc1ccc(N2C(=O)[C@@H]3[C@@H](N=NN3c3cccc(F)c3)C2=O)cc1. The number of nitrogens with zero attached hydrogens (tertiary/aromatic N) is 4. The molecule has 0 unspecified atom stereocenters. The molecular formula is C17H13FN4O2. The number of hydrogen-bond acceptors (Lipinski definition) is 5. The number of carbonyl (C=O) groups is 2. The molecule has 0 N–H and O–H groups in total. The van der Waals surface area contributed by atoms with E-state index in [1.165, 1.54) is 23.2 Å². The summed E-state index contributed by atoms with van der Waals surface area (Å²) in [6.45, 7) is 1.92. The van der Waals surface area contributed by atoms with Crippen LogP contribution in [0.5, 0.6) is 0 Å². The zero-order valence-corrected chi connectivity index (χ0v) is 12.8. The molecule has 2 aliphatic heterocycles. The Labute approximate surface area is 137 Å². The summed E-state index contributed by atoms with van der Waals surface area (Å²) in [7, 11) is 0. The molecule has 2 aromatic carbocycles. The van der Waals surface area contributed by atoms with Gasteiger partial charge in [-0.3, -0.25) is 9.59 Å². The lowest BCUT2D eigenvalue weighted by Gasteiger charge is -2.20. The minimum Gasteiger partial charge on any atom is -0.271 e. The molecule has 7 heteroatoms. The molecule has 0 aliphatic carbocycles. The Kier molecular flexibility index (Phi) is 3.16. The molecule has 0 aromatic heterocycles. The van der Waals surface area contributed by atoms with Gasteiger partial charge in [0.1, 0.15) is 5.82 Å². The number of aryl methyl sites for hydroxylation is 1. The van der Waals surface area contributed by atoms with Crippen LogP contribution in [-0.2, 0) is 9.59 Å². The van der Waals surface area contributed by atoms with Gasteiger partial charge in [0, 0.05) is 0 Å². The number of imide groups is 1. The first-order chi connectivity index (χ1) is 11.6. The van der Waals surface area contributed by atoms with Crippen LogP contribution in [0, 0.1) is 12.7 Å². The third-order valence-electron chi connectivity index (χ3n) is 4.15. The van der Waals surface area contributed by atoms with Crippen molar-refractivity contribution in [3.05, 3.63) is 59.9 Å². The predicted octanol–water partition coefficient (Wildman–Crippen LogP) is 2.63. The standard InChI is InChI=1S/C17H13FN4O2/c1-10-5-7-12(8-6-10)21-16(23)14-15(17(21)24)22(20-19-14)13-4-2-3-11(18)9-13/h2-9,14-15H,1H3/t14-,15+/m1/s1. The first-order valence-electron chi connectivity index (χ1n) is 7.46. The summed E-state index contributed by atoms with van der Waals surface area (Å²) in [5, 5.41) is 9.13. The molecule has 2 aromatic rings. The maximum absolute atomic E-state index is 13.5. The topological polar surface area (TPSA) is 65.3 Å². The molecule has 1 saturated heterocycles. The summed E-state index contributed by atoms with van der Waals surface area (Å²) in [6.07, 6.45) is 0. The molecule has 0 radical (unpaired) electrons. The molecule has 2 amide bonds. The second kappa shape index (κ2) is 5.23. The average Bonchev–Trinajstić information content (AvgIpc) is 3.10. The van der Waals surface area contributed by atoms with Gasteiger partial charge in [0.2, 0.25) is 0 Å². The van der Waals surface area contributed by atoms with E-state index in [0.717, 1.165) is 10.5 Å². The fraction of sp³-hybridized carbons (Fsp3) is 0.176. The van der Waals surface area contributed by atoms with Crippen molar-refractivity contribution in [1.82, 2.24) is 0 Å². The smallest absolute Gasteiger partial charge is 0.263 e. The van der Waals surface area contributed by atoms with Gasteiger partial charge in [-0.15, -0.1) is 0 Å². The van der Waals surface area contributed by atoms with Crippen LogP contribution in [-0.4, -0.2) is 23.9 Å². The van der Waals surface area contributed by atoms with E-state index >= 15 is 0 Å². The zero-order chi connectivity index (χ0) is 16.8. The lowest BCUT2D eigenvalue weighted by molar-refractivity contribution is -0.121. The number of carbonyl (C=O) groups excluding carboxylic acids is 2. The minimum absolute atomic E-state index is 0.387. The van der Waals surface area contributed by atoms with Gasteiger partial charge in [-0.25, -0.2) is 14.3 Å². The highest BCUT2D eigenvalue weighted by Gasteiger charge is 2.55. The lowest BCUT2D eigenvalue weighted by atomic mass is 10.1. The van der Waals surface area contributed by atoms with E-state index in [1.807, 2.05) is 19.1 Å². The summed E-state index contributed by atoms with van der Waals surface area (Å²) in [5.41, 5.74) is 1.91. The van der Waals surface area contributed by atoms with Gasteiger partial charge in [0.05, 0.1) is 11.4 Å². The van der Waals surface area contributed by atoms with Crippen LogP contribution in [0.15, 0.2) is 58.9 Å². The molecule has 24 heavy (non-hydrogen) atoms. The maximum Gasteiger partial charge on any atom is 0.263 e. The molecule has 2 heterocycles. The quantitative estimate of drug-likeness (QED) is 0.798. The first-order valence-corrected chi connectivity index (χ1v) is 7.46. The summed E-state index contributed by atoms with van der Waals surface area (Å²) in [4.78, 5) is 26.5. The zero-order valence-electron chi connectivity index (χ0n) is 12.8. The maximum atomic E-state index is 13.5. The van der Waals surface area contributed by atoms with Crippen molar-refractivity contribution >= 4 is 23.2 Å². The molecule has 2 atom stereocenters. The Balaban J connectivity index is 1.70. The van der Waals surface area contributed by atoms with Crippen molar-refractivity contribution in [2.45, 2.75) is 19.0 Å². The van der Waals surface area contributed by atoms with E-state index < -0.39 is 29.7 Å². The van der Waals surface area contributed by atoms with Crippen LogP contribution >= 0.6 is 0 Å². The van der Waals surface area contributed by atoms with Crippen molar-refractivity contribution in [3.63, 3.8) is 0 Å². The van der Waals surface area contributed by atoms with Gasteiger partial charge >= 0.3 is 0 Å². The fourth-order valence-corrected chi connectivity index (χ4v) is 2.94. The Bertz CT molecular complexity index is 865. The van der Waals surface area contributed by atoms with E-state index in [-0.39, 0.29) is 0 Å².